The van der Waals surface area contributed by atoms with Crippen molar-refractivity contribution in [2.75, 3.05) is 0 Å². The summed E-state index contributed by atoms with van der Waals surface area (Å²) in [5, 5.41) is 8.82. The summed E-state index contributed by atoms with van der Waals surface area (Å²) in [6.07, 6.45) is 2.18. The highest BCUT2D eigenvalue weighted by molar-refractivity contribution is 5.96. The molecule has 0 aliphatic heterocycles. The van der Waals surface area contributed by atoms with E-state index in [1.165, 1.54) is 0 Å². The Morgan fingerprint density at radius 3 is 2.43 bits per heavy atom. The molecule has 0 aromatic heterocycles. The molecule has 1 radical (unpaired) electrons. The Morgan fingerprint density at radius 1 is 1.29 bits per heavy atom. The van der Waals surface area contributed by atoms with Crippen molar-refractivity contribution >= 4 is 5.78 Å². The van der Waals surface area contributed by atoms with Crippen LogP contribution in [0.4, 0.5) is 0 Å². The van der Waals surface area contributed by atoms with Crippen molar-refractivity contribution < 1.29 is 9.90 Å². The molecule has 0 saturated heterocycles. The molecule has 0 fully saturated rings. The molecule has 1 rings (SSSR count). The van der Waals surface area contributed by atoms with E-state index in [0.717, 1.165) is 24.0 Å². The van der Waals surface area contributed by atoms with Crippen molar-refractivity contribution in [3.63, 3.8) is 0 Å². The van der Waals surface area contributed by atoms with Crippen molar-refractivity contribution in [1.82, 2.24) is 0 Å². The molecule has 0 aliphatic rings. The highest BCUT2D eigenvalue weighted by Crippen LogP contribution is 2.08. The maximum Gasteiger partial charge on any atom is 0.162 e. The van der Waals surface area contributed by atoms with Crippen LogP contribution in [-0.2, 0) is 6.61 Å². The van der Waals surface area contributed by atoms with E-state index in [9.17, 15) is 4.79 Å². The molecule has 1 aromatic rings. The summed E-state index contributed by atoms with van der Waals surface area (Å²) in [7, 11) is 0. The van der Waals surface area contributed by atoms with Crippen LogP contribution in [0.1, 0.15) is 35.2 Å². The summed E-state index contributed by atoms with van der Waals surface area (Å²) < 4.78 is 0. The molecule has 0 heterocycles. The number of hydrogen-bond donors (Lipinski definition) is 1. The highest BCUT2D eigenvalue weighted by Gasteiger charge is 2.04. The first-order chi connectivity index (χ1) is 6.77. The quantitative estimate of drug-likeness (QED) is 0.725. The zero-order valence-electron chi connectivity index (χ0n) is 8.20. The van der Waals surface area contributed by atoms with E-state index in [1.54, 1.807) is 24.3 Å². The Balaban J connectivity index is 2.62. The first-order valence-electron chi connectivity index (χ1n) is 4.80. The number of carbonyl (C=O) groups is 1. The fourth-order valence-electron chi connectivity index (χ4n) is 1.23. The molecular formula is C12H15O2. The molecule has 0 bridgehead atoms. The Kier molecular flexibility index (Phi) is 4.33. The van der Waals surface area contributed by atoms with Gasteiger partial charge in [-0.25, -0.2) is 0 Å². The van der Waals surface area contributed by atoms with Gasteiger partial charge in [0.25, 0.3) is 0 Å². The number of ketones is 1. The van der Waals surface area contributed by atoms with Crippen LogP contribution < -0.4 is 0 Å². The average Bonchev–Trinajstić information content (AvgIpc) is 2.26. The Hall–Kier alpha value is -1.15. The van der Waals surface area contributed by atoms with Crippen LogP contribution in [0, 0.1) is 6.92 Å². The fourth-order valence-corrected chi connectivity index (χ4v) is 1.23. The summed E-state index contributed by atoms with van der Waals surface area (Å²) >= 11 is 0. The zero-order valence-corrected chi connectivity index (χ0v) is 8.20. The smallest absolute Gasteiger partial charge is 0.162 e. The molecule has 0 spiro atoms. The van der Waals surface area contributed by atoms with Gasteiger partial charge in [-0.3, -0.25) is 4.79 Å². The minimum absolute atomic E-state index is 0.0212. The third-order valence-corrected chi connectivity index (χ3v) is 2.11. The summed E-state index contributed by atoms with van der Waals surface area (Å²) in [6, 6.07) is 7.07. The second kappa shape index (κ2) is 5.55. The summed E-state index contributed by atoms with van der Waals surface area (Å²) in [5.41, 5.74) is 1.55. The lowest BCUT2D eigenvalue weighted by Gasteiger charge is -2.01. The minimum atomic E-state index is 0.0212. The van der Waals surface area contributed by atoms with E-state index < -0.39 is 0 Å². The van der Waals surface area contributed by atoms with E-state index in [-0.39, 0.29) is 12.4 Å². The zero-order chi connectivity index (χ0) is 10.4. The molecule has 0 saturated carbocycles. The summed E-state index contributed by atoms with van der Waals surface area (Å²) in [5.74, 6) is 0.151. The molecule has 0 aliphatic carbocycles. The van der Waals surface area contributed by atoms with Crippen LogP contribution in [0.25, 0.3) is 0 Å². The fraction of sp³-hybridized carbons (Fsp3) is 0.333. The first-order valence-corrected chi connectivity index (χ1v) is 4.80. The SMILES string of the molecule is [CH2]CCCC(=O)c1ccc(CO)cc1. The topological polar surface area (TPSA) is 37.3 Å². The monoisotopic (exact) mass is 191 g/mol. The van der Waals surface area contributed by atoms with Crippen LogP contribution >= 0.6 is 0 Å². The number of aliphatic hydroxyl groups excluding tert-OH is 1. The Morgan fingerprint density at radius 2 is 1.93 bits per heavy atom. The van der Waals surface area contributed by atoms with Crippen LogP contribution in [0.15, 0.2) is 24.3 Å². The van der Waals surface area contributed by atoms with Crippen molar-refractivity contribution in [3.05, 3.63) is 42.3 Å². The third kappa shape index (κ3) is 2.96. The van der Waals surface area contributed by atoms with E-state index >= 15 is 0 Å². The second-order valence-electron chi connectivity index (χ2n) is 3.24. The highest BCUT2D eigenvalue weighted by atomic mass is 16.3. The van der Waals surface area contributed by atoms with Gasteiger partial charge in [-0.1, -0.05) is 37.6 Å². The predicted octanol–water partition coefficient (Wildman–Crippen LogP) is 2.37. The van der Waals surface area contributed by atoms with E-state index in [1.807, 2.05) is 0 Å². The van der Waals surface area contributed by atoms with E-state index in [4.69, 9.17) is 5.11 Å². The molecule has 2 heteroatoms. The van der Waals surface area contributed by atoms with Gasteiger partial charge in [0.05, 0.1) is 6.61 Å². The molecule has 75 valence electrons. The summed E-state index contributed by atoms with van der Waals surface area (Å²) in [6.45, 7) is 3.71. The minimum Gasteiger partial charge on any atom is -0.392 e. The molecule has 14 heavy (non-hydrogen) atoms. The number of unbranched alkanes of at least 4 members (excludes halogenated alkanes) is 1. The lowest BCUT2D eigenvalue weighted by molar-refractivity contribution is 0.0980. The largest absolute Gasteiger partial charge is 0.392 e. The molecular weight excluding hydrogens is 176 g/mol. The first kappa shape index (κ1) is 10.9. The number of Topliss-reactive ketones (excluding diaryl/α,β-unsaturated/α-hetero) is 1. The van der Waals surface area contributed by atoms with E-state index in [0.29, 0.717) is 6.42 Å². The molecule has 1 aromatic carbocycles. The maximum absolute atomic E-state index is 11.5. The molecule has 2 nitrogen and oxygen atoms in total. The van der Waals surface area contributed by atoms with Crippen molar-refractivity contribution in [3.8, 4) is 0 Å². The van der Waals surface area contributed by atoms with E-state index in [2.05, 4.69) is 6.92 Å². The van der Waals surface area contributed by atoms with Crippen LogP contribution in [0.5, 0.6) is 0 Å². The normalized spacial score (nSPS) is 10.1. The number of carbonyl (C=O) groups excluding carboxylic acids is 1. The lowest BCUT2D eigenvalue weighted by atomic mass is 10.0. The van der Waals surface area contributed by atoms with Crippen LogP contribution in [-0.4, -0.2) is 10.9 Å². The predicted molar refractivity (Wildman–Crippen MR) is 55.9 cm³/mol. The van der Waals surface area contributed by atoms with Gasteiger partial charge in [0, 0.05) is 12.0 Å². The van der Waals surface area contributed by atoms with Crippen LogP contribution in [0.2, 0.25) is 0 Å². The number of aliphatic hydroxyl groups is 1. The van der Waals surface area contributed by atoms with Crippen molar-refractivity contribution in [2.45, 2.75) is 25.9 Å². The molecule has 1 N–H and O–H groups in total. The standard InChI is InChI=1S/C12H15O2/c1-2-3-4-12(14)11-7-5-10(9-13)6-8-11/h5-8,13H,1-4,9H2. The molecule has 0 unspecified atom stereocenters. The Labute approximate surface area is 84.6 Å². The number of hydrogen-bond acceptors (Lipinski definition) is 2. The van der Waals surface area contributed by atoms with Crippen molar-refractivity contribution in [1.29, 1.82) is 0 Å². The van der Waals surface area contributed by atoms with Gasteiger partial charge < -0.3 is 5.11 Å². The molecule has 0 atom stereocenters. The third-order valence-electron chi connectivity index (χ3n) is 2.11. The van der Waals surface area contributed by atoms with Gasteiger partial charge in [0.15, 0.2) is 5.78 Å². The number of benzene rings is 1. The van der Waals surface area contributed by atoms with Gasteiger partial charge in [0.2, 0.25) is 0 Å². The van der Waals surface area contributed by atoms with Gasteiger partial charge in [0.1, 0.15) is 0 Å². The lowest BCUT2D eigenvalue weighted by Crippen LogP contribution is -1.98. The van der Waals surface area contributed by atoms with Gasteiger partial charge in [-0.05, 0) is 12.0 Å². The second-order valence-corrected chi connectivity index (χ2v) is 3.24. The van der Waals surface area contributed by atoms with Gasteiger partial charge in [-0.15, -0.1) is 0 Å². The average molecular weight is 191 g/mol. The summed E-state index contributed by atoms with van der Waals surface area (Å²) in [4.78, 5) is 11.5. The molecule has 0 amide bonds. The maximum atomic E-state index is 11.5. The van der Waals surface area contributed by atoms with Gasteiger partial charge >= 0.3 is 0 Å². The Bertz CT molecular complexity index is 288. The van der Waals surface area contributed by atoms with Crippen LogP contribution in [0.3, 0.4) is 0 Å². The van der Waals surface area contributed by atoms with Gasteiger partial charge in [-0.2, -0.15) is 0 Å². The van der Waals surface area contributed by atoms with Crippen molar-refractivity contribution in [2.24, 2.45) is 0 Å². The number of rotatable bonds is 5.